The van der Waals surface area contributed by atoms with Gasteiger partial charge in [0.2, 0.25) is 0 Å². The summed E-state index contributed by atoms with van der Waals surface area (Å²) in [5.74, 6) is -0.0803. The first kappa shape index (κ1) is 22.1. The van der Waals surface area contributed by atoms with Crippen molar-refractivity contribution in [3.05, 3.63) is 95.9 Å². The van der Waals surface area contributed by atoms with Crippen LogP contribution < -0.4 is 4.74 Å². The number of aromatic nitrogens is 2. The Labute approximate surface area is 198 Å². The normalized spacial score (nSPS) is 15.9. The average molecular weight is 457 g/mol. The van der Waals surface area contributed by atoms with Crippen molar-refractivity contribution in [3.8, 4) is 5.75 Å². The Balaban J connectivity index is 1.27. The number of fused-ring (bicyclic) bond motifs is 1. The Morgan fingerprint density at radius 2 is 1.82 bits per heavy atom. The molecule has 174 valence electrons. The van der Waals surface area contributed by atoms with Crippen LogP contribution in [0, 0.1) is 0 Å². The number of pyridine rings is 1. The molecule has 0 aliphatic carbocycles. The second-order valence-electron chi connectivity index (χ2n) is 8.60. The first-order valence-corrected chi connectivity index (χ1v) is 11.5. The minimum absolute atomic E-state index is 0.487. The molecule has 1 aliphatic rings. The molecule has 7 nitrogen and oxygen atoms in total. The maximum Gasteiger partial charge on any atom is 0.325 e. The number of hydrogen-bond donors (Lipinski definition) is 2. The monoisotopic (exact) mass is 456 g/mol. The predicted molar refractivity (Wildman–Crippen MR) is 131 cm³/mol. The molecule has 0 spiro atoms. The first-order chi connectivity index (χ1) is 16.7. The molecule has 4 aromatic rings. The van der Waals surface area contributed by atoms with Gasteiger partial charge in [-0.2, -0.15) is 0 Å². The Kier molecular flexibility index (Phi) is 6.56. The number of nitrogens with one attached hydrogen (secondary N) is 1. The molecule has 2 aromatic carbocycles. The molecule has 0 radical (unpaired) electrons. The van der Waals surface area contributed by atoms with Crippen LogP contribution in [-0.2, 0) is 17.9 Å². The molecule has 34 heavy (non-hydrogen) atoms. The summed E-state index contributed by atoms with van der Waals surface area (Å²) in [6.45, 7) is 4.26. The number of H-pyrrole nitrogens is 1. The van der Waals surface area contributed by atoms with E-state index in [1.54, 1.807) is 6.20 Å². The fourth-order valence-electron chi connectivity index (χ4n) is 4.57. The van der Waals surface area contributed by atoms with E-state index in [1.165, 1.54) is 0 Å². The number of rotatable bonds is 8. The summed E-state index contributed by atoms with van der Waals surface area (Å²) in [6, 6.07) is 21.1. The molecule has 1 aliphatic heterocycles. The van der Waals surface area contributed by atoms with Gasteiger partial charge in [-0.3, -0.25) is 19.6 Å². The summed E-state index contributed by atoms with van der Waals surface area (Å²) >= 11 is 0. The standard InChI is InChI=1S/C27H28N4O3/c32-27(33)26(31-14-12-30(13-15-31)18-21-8-4-5-11-28-21)24-17-29-25-16-22(9-10-23(24)25)34-19-20-6-2-1-3-7-20/h1-11,16-17,26,29H,12-15,18-19H2,(H,32,33)/t26-/m0/s1. The van der Waals surface area contributed by atoms with Gasteiger partial charge in [-0.25, -0.2) is 0 Å². The smallest absolute Gasteiger partial charge is 0.325 e. The zero-order chi connectivity index (χ0) is 23.3. The maximum absolute atomic E-state index is 12.3. The third-order valence-corrected chi connectivity index (χ3v) is 6.35. The topological polar surface area (TPSA) is 81.7 Å². The number of hydrogen-bond acceptors (Lipinski definition) is 5. The van der Waals surface area contributed by atoms with Crippen LogP contribution in [0.15, 0.2) is 79.1 Å². The van der Waals surface area contributed by atoms with E-state index in [4.69, 9.17) is 4.74 Å². The first-order valence-electron chi connectivity index (χ1n) is 11.5. The molecule has 2 N–H and O–H groups in total. The van der Waals surface area contributed by atoms with Crippen LogP contribution in [0.1, 0.15) is 22.9 Å². The number of benzene rings is 2. The van der Waals surface area contributed by atoms with E-state index in [0.717, 1.165) is 53.1 Å². The largest absolute Gasteiger partial charge is 0.489 e. The number of nitrogens with zero attached hydrogens (tertiary/aromatic N) is 3. The van der Waals surface area contributed by atoms with Gasteiger partial charge in [-0.1, -0.05) is 36.4 Å². The lowest BCUT2D eigenvalue weighted by Crippen LogP contribution is -2.48. The molecule has 2 aromatic heterocycles. The number of carboxylic acids is 1. The zero-order valence-corrected chi connectivity index (χ0v) is 18.9. The van der Waals surface area contributed by atoms with Crippen molar-refractivity contribution in [2.24, 2.45) is 0 Å². The van der Waals surface area contributed by atoms with Crippen LogP contribution in [-0.4, -0.2) is 57.0 Å². The van der Waals surface area contributed by atoms with Crippen molar-refractivity contribution in [1.82, 2.24) is 19.8 Å². The Morgan fingerprint density at radius 3 is 2.56 bits per heavy atom. The third kappa shape index (κ3) is 4.95. The predicted octanol–water partition coefficient (Wildman–Crippen LogP) is 4.09. The molecular formula is C27H28N4O3. The number of carboxylic acid groups (broad SMARTS) is 1. The summed E-state index contributed by atoms with van der Waals surface area (Å²) in [5.41, 5.74) is 3.80. The van der Waals surface area contributed by atoms with Gasteiger partial charge in [0.1, 0.15) is 18.4 Å². The van der Waals surface area contributed by atoms with Crippen LogP contribution in [0.4, 0.5) is 0 Å². The Bertz CT molecular complexity index is 1230. The molecule has 1 atom stereocenters. The minimum atomic E-state index is -0.830. The van der Waals surface area contributed by atoms with Gasteiger partial charge in [0.25, 0.3) is 0 Å². The van der Waals surface area contributed by atoms with Crippen molar-refractivity contribution in [1.29, 1.82) is 0 Å². The average Bonchev–Trinajstić information content (AvgIpc) is 3.28. The van der Waals surface area contributed by atoms with Gasteiger partial charge in [0.15, 0.2) is 0 Å². The van der Waals surface area contributed by atoms with Crippen molar-refractivity contribution in [3.63, 3.8) is 0 Å². The highest BCUT2D eigenvalue weighted by Crippen LogP contribution is 2.31. The number of carbonyl (C=O) groups is 1. The molecule has 0 amide bonds. The minimum Gasteiger partial charge on any atom is -0.489 e. The number of aliphatic carboxylic acids is 1. The highest BCUT2D eigenvalue weighted by Gasteiger charge is 2.32. The summed E-state index contributed by atoms with van der Waals surface area (Å²) in [6.07, 6.45) is 3.63. The van der Waals surface area contributed by atoms with E-state index in [0.29, 0.717) is 19.7 Å². The maximum atomic E-state index is 12.3. The summed E-state index contributed by atoms with van der Waals surface area (Å²) in [7, 11) is 0. The van der Waals surface area contributed by atoms with Crippen LogP contribution in [0.25, 0.3) is 10.9 Å². The Morgan fingerprint density at radius 1 is 1.03 bits per heavy atom. The number of piperazine rings is 1. The molecule has 7 heteroatoms. The van der Waals surface area contributed by atoms with Crippen molar-refractivity contribution in [2.75, 3.05) is 26.2 Å². The zero-order valence-electron chi connectivity index (χ0n) is 18.9. The SMILES string of the molecule is O=C(O)[C@H](c1c[nH]c2cc(OCc3ccccc3)ccc12)N1CCN(Cc2ccccn2)CC1. The van der Waals surface area contributed by atoms with Crippen molar-refractivity contribution in [2.45, 2.75) is 19.2 Å². The molecule has 5 rings (SSSR count). The van der Waals surface area contributed by atoms with E-state index in [9.17, 15) is 9.90 Å². The lowest BCUT2D eigenvalue weighted by molar-refractivity contribution is -0.144. The lowest BCUT2D eigenvalue weighted by Gasteiger charge is -2.37. The molecule has 0 unspecified atom stereocenters. The van der Waals surface area contributed by atoms with E-state index in [2.05, 4.69) is 19.8 Å². The van der Waals surface area contributed by atoms with Gasteiger partial charge in [0, 0.05) is 67.7 Å². The highest BCUT2D eigenvalue weighted by molar-refractivity contribution is 5.90. The third-order valence-electron chi connectivity index (χ3n) is 6.35. The molecule has 3 heterocycles. The van der Waals surface area contributed by atoms with Crippen LogP contribution in [0.2, 0.25) is 0 Å². The van der Waals surface area contributed by atoms with Gasteiger partial charge in [-0.05, 0) is 29.8 Å². The molecule has 1 saturated heterocycles. The van der Waals surface area contributed by atoms with E-state index >= 15 is 0 Å². The molecule has 0 saturated carbocycles. The second kappa shape index (κ2) is 10.1. The van der Waals surface area contributed by atoms with E-state index in [-0.39, 0.29) is 0 Å². The summed E-state index contributed by atoms with van der Waals surface area (Å²) < 4.78 is 5.94. The lowest BCUT2D eigenvalue weighted by atomic mass is 10.0. The summed E-state index contributed by atoms with van der Waals surface area (Å²) in [5, 5.41) is 11.0. The van der Waals surface area contributed by atoms with Crippen LogP contribution in [0.3, 0.4) is 0 Å². The van der Waals surface area contributed by atoms with Crippen LogP contribution >= 0.6 is 0 Å². The highest BCUT2D eigenvalue weighted by atomic mass is 16.5. The fourth-order valence-corrected chi connectivity index (χ4v) is 4.57. The molecule has 1 fully saturated rings. The van der Waals surface area contributed by atoms with Gasteiger partial charge in [0.05, 0.1) is 5.69 Å². The van der Waals surface area contributed by atoms with Gasteiger partial charge >= 0.3 is 5.97 Å². The number of ether oxygens (including phenoxy) is 1. The van der Waals surface area contributed by atoms with Gasteiger partial charge in [-0.15, -0.1) is 0 Å². The molecular weight excluding hydrogens is 428 g/mol. The Hall–Kier alpha value is -3.68. The van der Waals surface area contributed by atoms with Gasteiger partial charge < -0.3 is 14.8 Å². The van der Waals surface area contributed by atoms with Crippen molar-refractivity contribution >= 4 is 16.9 Å². The van der Waals surface area contributed by atoms with E-state index in [1.807, 2.05) is 72.9 Å². The number of aromatic amines is 1. The van der Waals surface area contributed by atoms with Crippen molar-refractivity contribution < 1.29 is 14.6 Å². The fraction of sp³-hybridized carbons (Fsp3) is 0.259. The van der Waals surface area contributed by atoms with Crippen LogP contribution in [0.5, 0.6) is 5.75 Å². The quantitative estimate of drug-likeness (QED) is 0.416. The second-order valence-corrected chi connectivity index (χ2v) is 8.60. The van der Waals surface area contributed by atoms with E-state index < -0.39 is 12.0 Å². The molecule has 0 bridgehead atoms. The summed E-state index contributed by atoms with van der Waals surface area (Å²) in [4.78, 5) is 24.4.